The monoisotopic (exact) mass is 374 g/mol. The molecule has 5 heteroatoms. The molecule has 0 aliphatic rings. The minimum Gasteiger partial charge on any atom is -0.457 e. The normalized spacial score (nSPS) is 10.4. The first-order valence-corrected chi connectivity index (χ1v) is 6.70. The summed E-state index contributed by atoms with van der Waals surface area (Å²) in [4.78, 5) is 0. The van der Waals surface area contributed by atoms with Crippen LogP contribution in [0.15, 0.2) is 45.3 Å². The molecule has 0 bridgehead atoms. The molecule has 0 aliphatic carbocycles. The Morgan fingerprint density at radius 1 is 1.06 bits per heavy atom. The van der Waals surface area contributed by atoms with E-state index in [1.807, 2.05) is 0 Å². The molecule has 0 heterocycles. The lowest BCUT2D eigenvalue weighted by atomic mass is 10.2. The molecule has 18 heavy (non-hydrogen) atoms. The van der Waals surface area contributed by atoms with E-state index in [1.54, 1.807) is 24.3 Å². The van der Waals surface area contributed by atoms with Crippen LogP contribution in [0.4, 0.5) is 4.39 Å². The highest BCUT2D eigenvalue weighted by Gasteiger charge is 2.07. The van der Waals surface area contributed by atoms with Gasteiger partial charge in [0.2, 0.25) is 0 Å². The van der Waals surface area contributed by atoms with Crippen LogP contribution in [-0.4, -0.2) is 5.11 Å². The third kappa shape index (κ3) is 3.31. The standard InChI is InChI=1S/C13H9Br2FO2/c14-9-1-2-13(8(3-9)7-17)18-12-5-10(15)4-11(16)6-12/h1-6,17H,7H2. The van der Waals surface area contributed by atoms with Crippen molar-refractivity contribution in [1.29, 1.82) is 0 Å². The van der Waals surface area contributed by atoms with Crippen molar-refractivity contribution in [1.82, 2.24) is 0 Å². The first-order valence-electron chi connectivity index (χ1n) is 5.12. The molecule has 2 aromatic carbocycles. The van der Waals surface area contributed by atoms with Crippen molar-refractivity contribution < 1.29 is 14.2 Å². The molecule has 2 aromatic rings. The minimum absolute atomic E-state index is 0.148. The van der Waals surface area contributed by atoms with Gasteiger partial charge in [-0.25, -0.2) is 4.39 Å². The van der Waals surface area contributed by atoms with Crippen molar-refractivity contribution in [2.75, 3.05) is 0 Å². The molecule has 2 nitrogen and oxygen atoms in total. The number of hydrogen-bond acceptors (Lipinski definition) is 2. The van der Waals surface area contributed by atoms with Crippen LogP contribution in [0.5, 0.6) is 11.5 Å². The molecule has 0 amide bonds. The zero-order valence-corrected chi connectivity index (χ0v) is 12.3. The van der Waals surface area contributed by atoms with E-state index in [4.69, 9.17) is 4.74 Å². The molecule has 0 aliphatic heterocycles. The molecule has 94 valence electrons. The molecule has 0 spiro atoms. The highest BCUT2D eigenvalue weighted by molar-refractivity contribution is 9.10. The fourth-order valence-electron chi connectivity index (χ4n) is 1.49. The van der Waals surface area contributed by atoms with Gasteiger partial charge in [0.25, 0.3) is 0 Å². The molecular weight excluding hydrogens is 367 g/mol. The van der Waals surface area contributed by atoms with Crippen LogP contribution in [0.25, 0.3) is 0 Å². The lowest BCUT2D eigenvalue weighted by molar-refractivity contribution is 0.276. The van der Waals surface area contributed by atoms with Gasteiger partial charge in [0.1, 0.15) is 17.3 Å². The van der Waals surface area contributed by atoms with Gasteiger partial charge in [0.05, 0.1) is 6.61 Å². The van der Waals surface area contributed by atoms with Crippen molar-refractivity contribution in [2.45, 2.75) is 6.61 Å². The quantitative estimate of drug-likeness (QED) is 0.847. The topological polar surface area (TPSA) is 29.5 Å². The average molecular weight is 376 g/mol. The summed E-state index contributed by atoms with van der Waals surface area (Å²) in [7, 11) is 0. The molecule has 1 N–H and O–H groups in total. The number of aliphatic hydroxyl groups is 1. The molecule has 0 fully saturated rings. The predicted molar refractivity (Wildman–Crippen MR) is 74.2 cm³/mol. The lowest BCUT2D eigenvalue weighted by Crippen LogP contribution is -1.92. The third-order valence-electron chi connectivity index (χ3n) is 2.26. The van der Waals surface area contributed by atoms with Gasteiger partial charge in [-0.05, 0) is 30.3 Å². The van der Waals surface area contributed by atoms with E-state index < -0.39 is 0 Å². The van der Waals surface area contributed by atoms with Gasteiger partial charge in [-0.15, -0.1) is 0 Å². The largest absolute Gasteiger partial charge is 0.457 e. The summed E-state index contributed by atoms with van der Waals surface area (Å²) in [5.74, 6) is 0.485. The summed E-state index contributed by atoms with van der Waals surface area (Å²) in [6.45, 7) is -0.148. The second-order valence-electron chi connectivity index (χ2n) is 3.62. The Hall–Kier alpha value is -0.910. The first kappa shape index (κ1) is 13.5. The maximum Gasteiger partial charge on any atom is 0.133 e. The van der Waals surface area contributed by atoms with Gasteiger partial charge >= 0.3 is 0 Å². The SMILES string of the molecule is OCc1cc(Br)ccc1Oc1cc(F)cc(Br)c1. The maximum absolute atomic E-state index is 13.2. The summed E-state index contributed by atoms with van der Waals surface area (Å²) in [6, 6.07) is 9.56. The molecule has 0 aromatic heterocycles. The molecular formula is C13H9Br2FO2. The van der Waals surface area contributed by atoms with Crippen molar-refractivity contribution in [3.05, 3.63) is 56.7 Å². The fraction of sp³-hybridized carbons (Fsp3) is 0.0769. The van der Waals surface area contributed by atoms with Crippen LogP contribution in [0.3, 0.4) is 0 Å². The Morgan fingerprint density at radius 3 is 2.50 bits per heavy atom. The van der Waals surface area contributed by atoms with E-state index >= 15 is 0 Å². The molecule has 2 rings (SSSR count). The minimum atomic E-state index is -0.387. The van der Waals surface area contributed by atoms with Gasteiger partial charge in [-0.2, -0.15) is 0 Å². The van der Waals surface area contributed by atoms with Crippen LogP contribution in [0.1, 0.15) is 5.56 Å². The second-order valence-corrected chi connectivity index (χ2v) is 5.45. The van der Waals surface area contributed by atoms with Crippen molar-refractivity contribution in [2.24, 2.45) is 0 Å². The smallest absolute Gasteiger partial charge is 0.133 e. The summed E-state index contributed by atoms with van der Waals surface area (Å²) in [5, 5.41) is 9.25. The Bertz CT molecular complexity index is 553. The predicted octanol–water partition coefficient (Wildman–Crippen LogP) is 4.64. The van der Waals surface area contributed by atoms with E-state index in [0.717, 1.165) is 4.47 Å². The molecule has 0 radical (unpaired) electrons. The zero-order chi connectivity index (χ0) is 13.1. The summed E-state index contributed by atoms with van der Waals surface area (Å²) >= 11 is 6.51. The third-order valence-corrected chi connectivity index (χ3v) is 3.21. The van der Waals surface area contributed by atoms with Crippen LogP contribution in [0.2, 0.25) is 0 Å². The molecule has 0 saturated heterocycles. The Kier molecular flexibility index (Phi) is 4.37. The van der Waals surface area contributed by atoms with Crippen LogP contribution in [-0.2, 0) is 6.61 Å². The van der Waals surface area contributed by atoms with E-state index in [1.165, 1.54) is 12.1 Å². The van der Waals surface area contributed by atoms with Crippen LogP contribution in [0, 0.1) is 5.82 Å². The fourth-order valence-corrected chi connectivity index (χ4v) is 2.34. The van der Waals surface area contributed by atoms with Crippen molar-refractivity contribution in [3.8, 4) is 11.5 Å². The zero-order valence-electron chi connectivity index (χ0n) is 9.16. The Morgan fingerprint density at radius 2 is 1.83 bits per heavy atom. The number of ether oxygens (including phenoxy) is 1. The van der Waals surface area contributed by atoms with E-state index in [0.29, 0.717) is 21.5 Å². The van der Waals surface area contributed by atoms with E-state index in [9.17, 15) is 9.50 Å². The van der Waals surface area contributed by atoms with Crippen molar-refractivity contribution >= 4 is 31.9 Å². The first-order chi connectivity index (χ1) is 8.58. The van der Waals surface area contributed by atoms with Gasteiger partial charge in [0.15, 0.2) is 0 Å². The molecule has 0 saturated carbocycles. The van der Waals surface area contributed by atoms with E-state index in [-0.39, 0.29) is 12.4 Å². The van der Waals surface area contributed by atoms with Crippen LogP contribution >= 0.6 is 31.9 Å². The number of rotatable bonds is 3. The van der Waals surface area contributed by atoms with Crippen LogP contribution < -0.4 is 4.74 Å². The van der Waals surface area contributed by atoms with Crippen molar-refractivity contribution in [3.63, 3.8) is 0 Å². The average Bonchev–Trinajstić information content (AvgIpc) is 2.30. The van der Waals surface area contributed by atoms with Gasteiger partial charge < -0.3 is 9.84 Å². The summed E-state index contributed by atoms with van der Waals surface area (Å²) in [6.07, 6.45) is 0. The number of benzene rings is 2. The second kappa shape index (κ2) is 5.82. The van der Waals surface area contributed by atoms with Gasteiger partial charge in [0, 0.05) is 20.6 Å². The number of aliphatic hydroxyl groups excluding tert-OH is 1. The lowest BCUT2D eigenvalue weighted by Gasteiger charge is -2.10. The molecule has 0 unspecified atom stereocenters. The maximum atomic E-state index is 13.2. The van der Waals surface area contributed by atoms with Gasteiger partial charge in [-0.1, -0.05) is 31.9 Å². The highest BCUT2D eigenvalue weighted by atomic mass is 79.9. The summed E-state index contributed by atoms with van der Waals surface area (Å²) in [5.41, 5.74) is 0.629. The Labute approximate surface area is 121 Å². The van der Waals surface area contributed by atoms with Gasteiger partial charge in [-0.3, -0.25) is 0 Å². The van der Waals surface area contributed by atoms with E-state index in [2.05, 4.69) is 31.9 Å². The Balaban J connectivity index is 2.33. The number of halogens is 3. The number of hydrogen-bond donors (Lipinski definition) is 1. The summed E-state index contributed by atoms with van der Waals surface area (Å²) < 4.78 is 20.2. The highest BCUT2D eigenvalue weighted by Crippen LogP contribution is 2.30. The molecule has 0 atom stereocenters.